The van der Waals surface area contributed by atoms with Crippen molar-refractivity contribution in [2.75, 3.05) is 43.4 Å². The summed E-state index contributed by atoms with van der Waals surface area (Å²) in [4.78, 5) is 9.48. The van der Waals surface area contributed by atoms with Crippen LogP contribution in [0.15, 0.2) is 47.8 Å². The first-order valence-corrected chi connectivity index (χ1v) is 10.4. The van der Waals surface area contributed by atoms with Crippen molar-refractivity contribution in [2.45, 2.75) is 0 Å². The predicted molar refractivity (Wildman–Crippen MR) is 117 cm³/mol. The highest BCUT2D eigenvalue weighted by atomic mass is 35.5. The lowest BCUT2D eigenvalue weighted by atomic mass is 10.1. The molecule has 1 fully saturated rings. The fourth-order valence-electron chi connectivity index (χ4n) is 3.12. The Morgan fingerprint density at radius 3 is 2.30 bits per heavy atom. The molecule has 1 aliphatic rings. The van der Waals surface area contributed by atoms with Gasteiger partial charge in [0.2, 0.25) is 0 Å². The van der Waals surface area contributed by atoms with Crippen LogP contribution in [0.25, 0.3) is 11.3 Å². The van der Waals surface area contributed by atoms with E-state index in [1.54, 1.807) is 17.4 Å². The number of rotatable bonds is 4. The number of hydrogen-bond donors (Lipinski definition) is 1. The molecule has 0 aliphatic carbocycles. The standard InChI is InChI=1S/C20H20Cl2N4S/c1-25-6-8-26(9-7-25)18-4-2-14(3-5-18)19-13-27-20(24-19)23-17-11-15(21)10-16(22)12-17/h2-5,10-13H,6-9H2,1H3,(H,23,24). The minimum absolute atomic E-state index is 0.598. The second kappa shape index (κ2) is 8.07. The number of benzene rings is 2. The summed E-state index contributed by atoms with van der Waals surface area (Å²) in [5.74, 6) is 0. The number of aromatic nitrogens is 1. The van der Waals surface area contributed by atoms with Crippen molar-refractivity contribution in [3.8, 4) is 11.3 Å². The van der Waals surface area contributed by atoms with Gasteiger partial charge in [0.1, 0.15) is 0 Å². The molecule has 1 N–H and O–H groups in total. The van der Waals surface area contributed by atoms with Crippen LogP contribution in [0.3, 0.4) is 0 Å². The summed E-state index contributed by atoms with van der Waals surface area (Å²) in [6.45, 7) is 4.36. The van der Waals surface area contributed by atoms with Crippen molar-refractivity contribution < 1.29 is 0 Å². The molecule has 1 aliphatic heterocycles. The van der Waals surface area contributed by atoms with Gasteiger partial charge in [0, 0.05) is 58.5 Å². The maximum atomic E-state index is 6.06. The van der Waals surface area contributed by atoms with Gasteiger partial charge in [-0.1, -0.05) is 35.3 Å². The summed E-state index contributed by atoms with van der Waals surface area (Å²) in [7, 11) is 2.17. The summed E-state index contributed by atoms with van der Waals surface area (Å²) in [5, 5.41) is 7.33. The van der Waals surface area contributed by atoms with E-state index in [4.69, 9.17) is 23.2 Å². The van der Waals surface area contributed by atoms with Crippen LogP contribution < -0.4 is 10.2 Å². The lowest BCUT2D eigenvalue weighted by Gasteiger charge is -2.34. The van der Waals surface area contributed by atoms with E-state index in [1.807, 2.05) is 12.1 Å². The Labute approximate surface area is 173 Å². The van der Waals surface area contributed by atoms with E-state index in [0.717, 1.165) is 48.3 Å². The number of halogens is 2. The number of nitrogens with zero attached hydrogens (tertiary/aromatic N) is 3. The third-order valence-electron chi connectivity index (χ3n) is 4.65. The summed E-state index contributed by atoms with van der Waals surface area (Å²) in [6.07, 6.45) is 0. The summed E-state index contributed by atoms with van der Waals surface area (Å²) in [5.41, 5.74) is 4.18. The van der Waals surface area contributed by atoms with Crippen LogP contribution in [0, 0.1) is 0 Å². The first-order chi connectivity index (χ1) is 13.1. The predicted octanol–water partition coefficient (Wildman–Crippen LogP) is 5.61. The number of hydrogen-bond acceptors (Lipinski definition) is 5. The molecular formula is C20H20Cl2N4S. The summed E-state index contributed by atoms with van der Waals surface area (Å²) in [6, 6.07) is 14.0. The Balaban J connectivity index is 1.46. The smallest absolute Gasteiger partial charge is 0.187 e. The highest BCUT2D eigenvalue weighted by molar-refractivity contribution is 7.14. The van der Waals surface area contributed by atoms with Gasteiger partial charge in [-0.2, -0.15) is 0 Å². The number of likely N-dealkylation sites (N-methyl/N-ethyl adjacent to an activating group) is 1. The average molecular weight is 419 g/mol. The summed E-state index contributed by atoms with van der Waals surface area (Å²) >= 11 is 13.7. The molecule has 2 aromatic carbocycles. The molecular weight excluding hydrogens is 399 g/mol. The fraction of sp³-hybridized carbons (Fsp3) is 0.250. The lowest BCUT2D eigenvalue weighted by molar-refractivity contribution is 0.313. The first-order valence-electron chi connectivity index (χ1n) is 8.79. The third kappa shape index (κ3) is 4.55. The topological polar surface area (TPSA) is 31.4 Å². The molecule has 1 saturated heterocycles. The van der Waals surface area contributed by atoms with Crippen molar-refractivity contribution in [3.63, 3.8) is 0 Å². The zero-order chi connectivity index (χ0) is 18.8. The van der Waals surface area contributed by atoms with Gasteiger partial charge in [-0.05, 0) is 37.4 Å². The van der Waals surface area contributed by atoms with Crippen LogP contribution in [0.4, 0.5) is 16.5 Å². The van der Waals surface area contributed by atoms with E-state index < -0.39 is 0 Å². The number of piperazine rings is 1. The molecule has 1 aromatic heterocycles. The normalized spacial score (nSPS) is 15.1. The van der Waals surface area contributed by atoms with Gasteiger partial charge in [0.25, 0.3) is 0 Å². The molecule has 0 unspecified atom stereocenters. The van der Waals surface area contributed by atoms with E-state index in [9.17, 15) is 0 Å². The molecule has 0 bridgehead atoms. The second-order valence-electron chi connectivity index (χ2n) is 6.66. The SMILES string of the molecule is CN1CCN(c2ccc(-c3csc(Nc4cc(Cl)cc(Cl)c4)n3)cc2)CC1. The Bertz CT molecular complexity index is 898. The van der Waals surface area contributed by atoms with Crippen molar-refractivity contribution >= 4 is 51.0 Å². The molecule has 0 amide bonds. The Morgan fingerprint density at radius 1 is 0.963 bits per heavy atom. The molecule has 0 radical (unpaired) electrons. The first kappa shape index (κ1) is 18.6. The van der Waals surface area contributed by atoms with Crippen molar-refractivity contribution in [2.24, 2.45) is 0 Å². The quantitative estimate of drug-likeness (QED) is 0.596. The number of nitrogens with one attached hydrogen (secondary N) is 1. The highest BCUT2D eigenvalue weighted by Crippen LogP contribution is 2.30. The zero-order valence-corrected chi connectivity index (χ0v) is 17.3. The van der Waals surface area contributed by atoms with Gasteiger partial charge in [0.05, 0.1) is 5.69 Å². The Kier molecular flexibility index (Phi) is 5.55. The van der Waals surface area contributed by atoms with Gasteiger partial charge in [-0.15, -0.1) is 11.3 Å². The van der Waals surface area contributed by atoms with Crippen LogP contribution in [0.5, 0.6) is 0 Å². The zero-order valence-electron chi connectivity index (χ0n) is 15.0. The molecule has 140 valence electrons. The summed E-state index contributed by atoms with van der Waals surface area (Å²) < 4.78 is 0. The van der Waals surface area contributed by atoms with Gasteiger partial charge < -0.3 is 15.1 Å². The maximum absolute atomic E-state index is 6.06. The largest absolute Gasteiger partial charge is 0.369 e. The molecule has 0 spiro atoms. The Hall–Kier alpha value is -1.79. The molecule has 27 heavy (non-hydrogen) atoms. The van der Waals surface area contributed by atoms with Crippen LogP contribution in [0.2, 0.25) is 10.0 Å². The van der Waals surface area contributed by atoms with E-state index in [-0.39, 0.29) is 0 Å². The Morgan fingerprint density at radius 2 is 1.63 bits per heavy atom. The van der Waals surface area contributed by atoms with Crippen molar-refractivity contribution in [1.82, 2.24) is 9.88 Å². The molecule has 0 atom stereocenters. The number of thiazole rings is 1. The average Bonchev–Trinajstić information content (AvgIpc) is 3.10. The van der Waals surface area contributed by atoms with Crippen LogP contribution in [-0.4, -0.2) is 43.1 Å². The van der Waals surface area contributed by atoms with Crippen molar-refractivity contribution in [3.05, 3.63) is 57.9 Å². The fourth-order valence-corrected chi connectivity index (χ4v) is 4.39. The van der Waals surface area contributed by atoms with Crippen LogP contribution in [-0.2, 0) is 0 Å². The van der Waals surface area contributed by atoms with E-state index in [0.29, 0.717) is 10.0 Å². The molecule has 2 heterocycles. The van der Waals surface area contributed by atoms with Gasteiger partial charge in [-0.3, -0.25) is 0 Å². The maximum Gasteiger partial charge on any atom is 0.187 e. The second-order valence-corrected chi connectivity index (χ2v) is 8.39. The lowest BCUT2D eigenvalue weighted by Crippen LogP contribution is -2.44. The third-order valence-corrected chi connectivity index (χ3v) is 5.84. The van der Waals surface area contributed by atoms with Gasteiger partial charge in [-0.25, -0.2) is 4.98 Å². The highest BCUT2D eigenvalue weighted by Gasteiger charge is 2.14. The van der Waals surface area contributed by atoms with Crippen molar-refractivity contribution in [1.29, 1.82) is 0 Å². The number of anilines is 3. The monoisotopic (exact) mass is 418 g/mol. The van der Waals surface area contributed by atoms with Crippen LogP contribution >= 0.6 is 34.5 Å². The molecule has 4 nitrogen and oxygen atoms in total. The molecule has 0 saturated carbocycles. The van der Waals surface area contributed by atoms with E-state index >= 15 is 0 Å². The van der Waals surface area contributed by atoms with Gasteiger partial charge in [0.15, 0.2) is 5.13 Å². The van der Waals surface area contributed by atoms with E-state index in [1.165, 1.54) is 5.69 Å². The molecule has 4 rings (SSSR count). The van der Waals surface area contributed by atoms with Crippen LogP contribution in [0.1, 0.15) is 0 Å². The molecule has 7 heteroatoms. The minimum atomic E-state index is 0.598. The van der Waals surface area contributed by atoms with Gasteiger partial charge >= 0.3 is 0 Å². The molecule has 3 aromatic rings. The minimum Gasteiger partial charge on any atom is -0.369 e. The van der Waals surface area contributed by atoms with E-state index in [2.05, 4.69) is 56.8 Å².